The van der Waals surface area contributed by atoms with Gasteiger partial charge in [-0.25, -0.2) is 14.8 Å². The molecular weight excluding hydrogens is 408 g/mol. The molecule has 0 spiro atoms. The number of carbonyl (C=O) groups is 1. The highest BCUT2D eigenvalue weighted by molar-refractivity contribution is 5.90. The minimum absolute atomic E-state index is 0.114. The SMILES string of the molecule is COc1cc(NC(=O)N2CCCC2)cc(Nc2nccc(-c3ccc(OC)c(N)c3)n2)c1. The number of amides is 2. The number of urea groups is 1. The van der Waals surface area contributed by atoms with Crippen molar-refractivity contribution in [1.82, 2.24) is 14.9 Å². The van der Waals surface area contributed by atoms with Crippen molar-refractivity contribution >= 4 is 29.0 Å². The van der Waals surface area contributed by atoms with Gasteiger partial charge in [0.2, 0.25) is 5.95 Å². The Bertz CT molecular complexity index is 1110. The average Bonchev–Trinajstić information content (AvgIpc) is 3.34. The molecule has 2 heterocycles. The number of benzene rings is 2. The fourth-order valence-electron chi connectivity index (χ4n) is 3.59. The Labute approximate surface area is 186 Å². The van der Waals surface area contributed by atoms with Gasteiger partial charge in [-0.15, -0.1) is 0 Å². The first-order chi connectivity index (χ1) is 15.6. The van der Waals surface area contributed by atoms with E-state index in [1.807, 2.05) is 24.3 Å². The summed E-state index contributed by atoms with van der Waals surface area (Å²) < 4.78 is 10.6. The van der Waals surface area contributed by atoms with Gasteiger partial charge >= 0.3 is 6.03 Å². The second kappa shape index (κ2) is 9.42. The molecule has 0 atom stereocenters. The van der Waals surface area contributed by atoms with Gasteiger partial charge in [-0.1, -0.05) is 0 Å². The fourth-order valence-corrected chi connectivity index (χ4v) is 3.59. The number of nitrogens with one attached hydrogen (secondary N) is 2. The molecule has 1 saturated heterocycles. The van der Waals surface area contributed by atoms with Crippen LogP contribution in [-0.4, -0.2) is 48.2 Å². The van der Waals surface area contributed by atoms with Crippen molar-refractivity contribution in [2.45, 2.75) is 12.8 Å². The zero-order chi connectivity index (χ0) is 22.5. The van der Waals surface area contributed by atoms with Crippen LogP contribution in [0.4, 0.5) is 27.8 Å². The number of rotatable bonds is 6. The first kappa shape index (κ1) is 21.2. The summed E-state index contributed by atoms with van der Waals surface area (Å²) in [6.45, 7) is 1.55. The Kier molecular flexibility index (Phi) is 6.25. The third-order valence-electron chi connectivity index (χ3n) is 5.22. The number of carbonyl (C=O) groups excluding carboxylic acids is 1. The van der Waals surface area contributed by atoms with Crippen molar-refractivity contribution in [1.29, 1.82) is 0 Å². The van der Waals surface area contributed by atoms with Crippen LogP contribution >= 0.6 is 0 Å². The van der Waals surface area contributed by atoms with E-state index in [2.05, 4.69) is 20.6 Å². The van der Waals surface area contributed by atoms with Crippen molar-refractivity contribution in [2.75, 3.05) is 43.7 Å². The monoisotopic (exact) mass is 434 g/mol. The number of nitrogen functional groups attached to an aromatic ring is 1. The van der Waals surface area contributed by atoms with E-state index >= 15 is 0 Å². The van der Waals surface area contributed by atoms with E-state index in [-0.39, 0.29) is 6.03 Å². The standard InChI is InChI=1S/C23H26N6O3/c1-31-18-13-16(12-17(14-18)27-23(30)29-9-3-4-10-29)26-22-25-8-7-20(28-22)15-5-6-21(32-2)19(24)11-15/h5-8,11-14H,3-4,9-10,24H2,1-2H3,(H,27,30)(H,25,26,28). The Hall–Kier alpha value is -4.01. The van der Waals surface area contributed by atoms with Gasteiger partial charge in [0.15, 0.2) is 0 Å². The highest BCUT2D eigenvalue weighted by Crippen LogP contribution is 2.29. The molecule has 3 aromatic rings. The summed E-state index contributed by atoms with van der Waals surface area (Å²) in [6.07, 6.45) is 3.74. The van der Waals surface area contributed by atoms with Crippen LogP contribution in [0.1, 0.15) is 12.8 Å². The van der Waals surface area contributed by atoms with Gasteiger partial charge in [-0.2, -0.15) is 0 Å². The molecule has 0 bridgehead atoms. The van der Waals surface area contributed by atoms with Gasteiger partial charge in [0.25, 0.3) is 0 Å². The maximum atomic E-state index is 12.5. The molecule has 0 aliphatic carbocycles. The highest BCUT2D eigenvalue weighted by atomic mass is 16.5. The lowest BCUT2D eigenvalue weighted by atomic mass is 10.1. The lowest BCUT2D eigenvalue weighted by Gasteiger charge is -2.17. The van der Waals surface area contributed by atoms with E-state index in [4.69, 9.17) is 15.2 Å². The molecule has 32 heavy (non-hydrogen) atoms. The number of methoxy groups -OCH3 is 2. The van der Waals surface area contributed by atoms with Crippen molar-refractivity contribution < 1.29 is 14.3 Å². The number of hydrogen-bond acceptors (Lipinski definition) is 7. The maximum Gasteiger partial charge on any atom is 0.321 e. The summed E-state index contributed by atoms with van der Waals surface area (Å²) in [7, 11) is 3.16. The number of anilines is 4. The Morgan fingerprint density at radius 1 is 1.03 bits per heavy atom. The van der Waals surface area contributed by atoms with Gasteiger partial charge in [0, 0.05) is 48.4 Å². The molecule has 4 rings (SSSR count). The zero-order valence-corrected chi connectivity index (χ0v) is 18.1. The molecular formula is C23H26N6O3. The summed E-state index contributed by atoms with van der Waals surface area (Å²) in [5.41, 5.74) is 9.43. The summed E-state index contributed by atoms with van der Waals surface area (Å²) in [6, 6.07) is 12.6. The van der Waals surface area contributed by atoms with Crippen LogP contribution in [0.2, 0.25) is 0 Å². The summed E-state index contributed by atoms with van der Waals surface area (Å²) in [4.78, 5) is 23.2. The lowest BCUT2D eigenvalue weighted by molar-refractivity contribution is 0.222. The molecule has 1 aliphatic rings. The van der Waals surface area contributed by atoms with Crippen LogP contribution in [-0.2, 0) is 0 Å². The van der Waals surface area contributed by atoms with E-state index < -0.39 is 0 Å². The first-order valence-corrected chi connectivity index (χ1v) is 10.3. The Morgan fingerprint density at radius 3 is 2.53 bits per heavy atom. The fraction of sp³-hybridized carbons (Fsp3) is 0.261. The lowest BCUT2D eigenvalue weighted by Crippen LogP contribution is -2.32. The van der Waals surface area contributed by atoms with Gasteiger partial charge < -0.3 is 30.7 Å². The summed E-state index contributed by atoms with van der Waals surface area (Å²) >= 11 is 0. The van der Waals surface area contributed by atoms with Crippen LogP contribution in [0.15, 0.2) is 48.7 Å². The van der Waals surface area contributed by atoms with E-state index in [9.17, 15) is 4.79 Å². The number of nitrogens with two attached hydrogens (primary N) is 1. The third kappa shape index (κ3) is 4.83. The predicted molar refractivity (Wildman–Crippen MR) is 125 cm³/mol. The normalized spacial score (nSPS) is 13.0. The Morgan fingerprint density at radius 2 is 1.81 bits per heavy atom. The van der Waals surface area contributed by atoms with Crippen molar-refractivity contribution in [3.8, 4) is 22.8 Å². The average molecular weight is 435 g/mol. The summed E-state index contributed by atoms with van der Waals surface area (Å²) in [5, 5.41) is 6.13. The largest absolute Gasteiger partial charge is 0.497 e. The Balaban J connectivity index is 1.55. The number of hydrogen-bond donors (Lipinski definition) is 3. The molecule has 4 N–H and O–H groups in total. The quantitative estimate of drug-likeness (QED) is 0.500. The molecule has 0 unspecified atom stereocenters. The molecule has 0 radical (unpaired) electrons. The van der Waals surface area contributed by atoms with E-state index in [1.54, 1.807) is 43.5 Å². The molecule has 1 aliphatic heterocycles. The van der Waals surface area contributed by atoms with Crippen LogP contribution in [0.3, 0.4) is 0 Å². The molecule has 9 heteroatoms. The number of likely N-dealkylation sites (tertiary alicyclic amines) is 1. The molecule has 1 aromatic heterocycles. The molecule has 1 fully saturated rings. The molecule has 166 valence electrons. The van der Waals surface area contributed by atoms with Crippen LogP contribution in [0, 0.1) is 0 Å². The second-order valence-corrected chi connectivity index (χ2v) is 7.42. The van der Waals surface area contributed by atoms with Crippen LogP contribution in [0.25, 0.3) is 11.3 Å². The number of ether oxygens (including phenoxy) is 2. The van der Waals surface area contributed by atoms with Crippen molar-refractivity contribution in [2.24, 2.45) is 0 Å². The maximum absolute atomic E-state index is 12.5. The molecule has 2 aromatic carbocycles. The summed E-state index contributed by atoms with van der Waals surface area (Å²) in [5.74, 6) is 1.62. The second-order valence-electron chi connectivity index (χ2n) is 7.42. The highest BCUT2D eigenvalue weighted by Gasteiger charge is 2.18. The number of nitrogens with zero attached hydrogens (tertiary/aromatic N) is 3. The number of aromatic nitrogens is 2. The molecule has 9 nitrogen and oxygen atoms in total. The van der Waals surface area contributed by atoms with Crippen molar-refractivity contribution in [3.05, 3.63) is 48.7 Å². The smallest absolute Gasteiger partial charge is 0.321 e. The van der Waals surface area contributed by atoms with Crippen LogP contribution in [0.5, 0.6) is 11.5 Å². The zero-order valence-electron chi connectivity index (χ0n) is 18.1. The van der Waals surface area contributed by atoms with Crippen molar-refractivity contribution in [3.63, 3.8) is 0 Å². The van der Waals surface area contributed by atoms with Gasteiger partial charge in [-0.05, 0) is 43.2 Å². The molecule has 2 amide bonds. The third-order valence-corrected chi connectivity index (χ3v) is 5.22. The van der Waals surface area contributed by atoms with E-state index in [1.165, 1.54) is 0 Å². The van der Waals surface area contributed by atoms with Crippen LogP contribution < -0.4 is 25.8 Å². The molecule has 0 saturated carbocycles. The van der Waals surface area contributed by atoms with E-state index in [0.29, 0.717) is 40.2 Å². The topological polar surface area (TPSA) is 115 Å². The van der Waals surface area contributed by atoms with Gasteiger partial charge in [0.05, 0.1) is 25.6 Å². The first-order valence-electron chi connectivity index (χ1n) is 10.3. The van der Waals surface area contributed by atoms with E-state index in [0.717, 1.165) is 31.5 Å². The minimum atomic E-state index is -0.114. The minimum Gasteiger partial charge on any atom is -0.497 e. The van der Waals surface area contributed by atoms with Gasteiger partial charge in [-0.3, -0.25) is 0 Å². The van der Waals surface area contributed by atoms with Gasteiger partial charge in [0.1, 0.15) is 11.5 Å². The predicted octanol–water partition coefficient (Wildman–Crippen LogP) is 4.11.